The Hall–Kier alpha value is -1.97. The van der Waals surface area contributed by atoms with Crippen molar-refractivity contribution in [2.45, 2.75) is 118 Å². The van der Waals surface area contributed by atoms with Crippen molar-refractivity contribution in [1.29, 1.82) is 0 Å². The lowest BCUT2D eigenvalue weighted by Crippen LogP contribution is -2.54. The molecule has 1 aromatic rings. The summed E-state index contributed by atoms with van der Waals surface area (Å²) in [5.74, 6) is 6.88. The van der Waals surface area contributed by atoms with Crippen molar-refractivity contribution in [2.24, 2.45) is 58.2 Å². The first-order chi connectivity index (χ1) is 20.0. The highest BCUT2D eigenvalue weighted by molar-refractivity contribution is 5.87. The molecule has 4 fully saturated rings. The fourth-order valence-corrected chi connectivity index (χ4v) is 10.5. The molecular weight excluding hydrogens is 520 g/mol. The van der Waals surface area contributed by atoms with Crippen molar-refractivity contribution >= 4 is 12.0 Å². The Morgan fingerprint density at radius 2 is 1.71 bits per heavy atom. The van der Waals surface area contributed by atoms with E-state index in [1.54, 1.807) is 24.3 Å². The third-order valence-electron chi connectivity index (χ3n) is 13.5. The van der Waals surface area contributed by atoms with Crippen LogP contribution in [0.1, 0.15) is 118 Å². The van der Waals surface area contributed by atoms with Crippen molar-refractivity contribution in [3.8, 4) is 11.5 Å². The minimum atomic E-state index is -0.272. The molecule has 4 heteroatoms. The molecule has 4 aliphatic rings. The fraction of sp³-hybridized carbons (Fsp3) is 0.763. The van der Waals surface area contributed by atoms with Gasteiger partial charge in [-0.15, -0.1) is 0 Å². The van der Waals surface area contributed by atoms with E-state index in [-0.39, 0.29) is 17.8 Å². The molecule has 0 aromatic heterocycles. The summed E-state index contributed by atoms with van der Waals surface area (Å²) in [4.78, 5) is 12.7. The Kier molecular flexibility index (Phi) is 9.41. The number of phenolic OH excluding ortho intramolecular Hbond substituents is 1. The summed E-state index contributed by atoms with van der Waals surface area (Å²) >= 11 is 0. The van der Waals surface area contributed by atoms with E-state index in [9.17, 15) is 9.90 Å². The molecule has 1 unspecified atom stereocenters. The van der Waals surface area contributed by atoms with Crippen LogP contribution in [0.15, 0.2) is 24.3 Å². The highest BCUT2D eigenvalue weighted by Crippen LogP contribution is 2.68. The number of rotatable bonds is 9. The van der Waals surface area contributed by atoms with Crippen LogP contribution in [-0.2, 0) is 9.53 Å². The third-order valence-corrected chi connectivity index (χ3v) is 13.5. The normalized spacial score (nSPS) is 37.5. The summed E-state index contributed by atoms with van der Waals surface area (Å²) in [5, 5.41) is 9.82. The van der Waals surface area contributed by atoms with Gasteiger partial charge in [0.05, 0.1) is 7.11 Å². The number of benzene rings is 1. The molecule has 0 aliphatic heterocycles. The largest absolute Gasteiger partial charge is 0.504 e. The fourth-order valence-electron chi connectivity index (χ4n) is 10.5. The number of aromatic hydroxyl groups is 1. The second-order valence-electron chi connectivity index (χ2n) is 15.8. The smallest absolute Gasteiger partial charge is 0.331 e. The number of methoxy groups -OCH3 is 1. The zero-order chi connectivity index (χ0) is 30.2. The quantitative estimate of drug-likeness (QED) is 0.234. The van der Waals surface area contributed by atoms with E-state index >= 15 is 0 Å². The number of hydrogen-bond donors (Lipinski definition) is 1. The lowest BCUT2D eigenvalue weighted by Gasteiger charge is -2.61. The van der Waals surface area contributed by atoms with Crippen LogP contribution in [0.2, 0.25) is 0 Å². The molecule has 5 rings (SSSR count). The van der Waals surface area contributed by atoms with E-state index in [1.165, 1.54) is 71.0 Å². The third kappa shape index (κ3) is 6.03. The van der Waals surface area contributed by atoms with Crippen molar-refractivity contribution in [1.82, 2.24) is 0 Å². The Labute approximate surface area is 256 Å². The number of hydrogen-bond acceptors (Lipinski definition) is 4. The van der Waals surface area contributed by atoms with Crippen molar-refractivity contribution in [2.75, 3.05) is 7.11 Å². The molecule has 4 saturated carbocycles. The van der Waals surface area contributed by atoms with Gasteiger partial charge in [-0.05, 0) is 140 Å². The molecule has 234 valence electrons. The first-order valence-corrected chi connectivity index (χ1v) is 17.2. The van der Waals surface area contributed by atoms with Crippen LogP contribution in [0, 0.1) is 58.2 Å². The van der Waals surface area contributed by atoms with E-state index in [0.717, 1.165) is 59.8 Å². The molecule has 42 heavy (non-hydrogen) atoms. The van der Waals surface area contributed by atoms with Crippen molar-refractivity contribution < 1.29 is 19.4 Å². The molecule has 10 atom stereocenters. The highest BCUT2D eigenvalue weighted by atomic mass is 16.5. The van der Waals surface area contributed by atoms with E-state index in [4.69, 9.17) is 9.47 Å². The van der Waals surface area contributed by atoms with E-state index < -0.39 is 0 Å². The van der Waals surface area contributed by atoms with Crippen LogP contribution in [0.5, 0.6) is 11.5 Å². The van der Waals surface area contributed by atoms with Crippen LogP contribution >= 0.6 is 0 Å². The summed E-state index contributed by atoms with van der Waals surface area (Å²) in [5.41, 5.74) is 1.72. The summed E-state index contributed by atoms with van der Waals surface area (Å²) in [6.07, 6.45) is 17.6. The topological polar surface area (TPSA) is 55.8 Å². The van der Waals surface area contributed by atoms with Gasteiger partial charge in [0.15, 0.2) is 11.5 Å². The molecule has 0 amide bonds. The minimum Gasteiger partial charge on any atom is -0.504 e. The van der Waals surface area contributed by atoms with Crippen molar-refractivity contribution in [3.05, 3.63) is 29.8 Å². The van der Waals surface area contributed by atoms with Gasteiger partial charge >= 0.3 is 5.97 Å². The number of esters is 1. The summed E-state index contributed by atoms with van der Waals surface area (Å²) in [6, 6.07) is 5.07. The Bertz CT molecular complexity index is 1120. The van der Waals surface area contributed by atoms with Crippen LogP contribution in [0.25, 0.3) is 6.08 Å². The van der Waals surface area contributed by atoms with Crippen LogP contribution in [0.3, 0.4) is 0 Å². The predicted octanol–water partition coefficient (Wildman–Crippen LogP) is 9.69. The highest BCUT2D eigenvalue weighted by Gasteiger charge is 2.60. The predicted molar refractivity (Wildman–Crippen MR) is 171 cm³/mol. The molecule has 0 heterocycles. The van der Waals surface area contributed by atoms with E-state index in [2.05, 4.69) is 41.5 Å². The Morgan fingerprint density at radius 3 is 2.45 bits per heavy atom. The monoisotopic (exact) mass is 578 g/mol. The number of carbonyl (C=O) groups excluding carboxylic acids is 1. The number of ether oxygens (including phenoxy) is 2. The van der Waals surface area contributed by atoms with Crippen LogP contribution in [0.4, 0.5) is 0 Å². The second-order valence-corrected chi connectivity index (χ2v) is 15.8. The first-order valence-electron chi connectivity index (χ1n) is 17.2. The standard InChI is InChI=1S/C38H58O4/c1-24(2)25(3)8-9-26(4)31-14-15-32-30-13-12-28-23-29(18-20-37(28,5)33(30)19-21-38(31,32)6)42-36(40)17-11-27-10-16-34(39)35(22-27)41-7/h10-11,16-17,22,24-26,28-33,39H,8-9,12-15,18-21,23H2,1-7H3/b17-11+/t25?,26-,28+,29+,30+,31-,32+,33+,37+,38-/m1/s1. The van der Waals surface area contributed by atoms with Crippen LogP contribution in [-0.4, -0.2) is 24.3 Å². The number of phenols is 1. The first kappa shape index (κ1) is 31.5. The molecule has 4 nitrogen and oxygen atoms in total. The van der Waals surface area contributed by atoms with Gasteiger partial charge in [-0.1, -0.05) is 60.5 Å². The maximum absolute atomic E-state index is 12.7. The maximum Gasteiger partial charge on any atom is 0.331 e. The van der Waals surface area contributed by atoms with Crippen LogP contribution < -0.4 is 4.74 Å². The lowest BCUT2D eigenvalue weighted by molar-refractivity contribution is -0.157. The molecule has 0 saturated heterocycles. The van der Waals surface area contributed by atoms with Gasteiger partial charge in [-0.3, -0.25) is 0 Å². The van der Waals surface area contributed by atoms with E-state index in [1.807, 2.05) is 0 Å². The molecule has 1 aromatic carbocycles. The van der Waals surface area contributed by atoms with Gasteiger partial charge in [0, 0.05) is 6.08 Å². The number of fused-ring (bicyclic) bond motifs is 5. The summed E-state index contributed by atoms with van der Waals surface area (Å²) in [7, 11) is 1.52. The molecule has 1 N–H and O–H groups in total. The lowest BCUT2D eigenvalue weighted by atomic mass is 9.44. The minimum absolute atomic E-state index is 0.0185. The van der Waals surface area contributed by atoms with Gasteiger partial charge in [-0.25, -0.2) is 4.79 Å². The molecule has 4 aliphatic carbocycles. The zero-order valence-electron chi connectivity index (χ0n) is 27.5. The molecule has 0 radical (unpaired) electrons. The van der Waals surface area contributed by atoms with E-state index in [0.29, 0.717) is 22.5 Å². The van der Waals surface area contributed by atoms with Gasteiger partial charge in [0.2, 0.25) is 0 Å². The average molecular weight is 579 g/mol. The summed E-state index contributed by atoms with van der Waals surface area (Å²) < 4.78 is 11.2. The number of carbonyl (C=O) groups is 1. The Morgan fingerprint density at radius 1 is 0.976 bits per heavy atom. The summed E-state index contributed by atoms with van der Waals surface area (Å²) in [6.45, 7) is 15.1. The molecular formula is C38H58O4. The zero-order valence-corrected chi connectivity index (χ0v) is 27.5. The van der Waals surface area contributed by atoms with Gasteiger partial charge < -0.3 is 14.6 Å². The maximum atomic E-state index is 12.7. The second kappa shape index (κ2) is 12.6. The van der Waals surface area contributed by atoms with Gasteiger partial charge in [-0.2, -0.15) is 0 Å². The van der Waals surface area contributed by atoms with Gasteiger partial charge in [0.1, 0.15) is 6.10 Å². The molecule has 0 spiro atoms. The SMILES string of the molecule is COc1cc(/C=C/C(=O)O[C@H]2CC[C@@]3(C)[C@@H](CC[C@@H]4[C@@H]3CC[C@]3(C)[C@@H]([C@H](C)CCC(C)C(C)C)CC[C@@H]43)C2)ccc1O. The van der Waals surface area contributed by atoms with Gasteiger partial charge in [0.25, 0.3) is 0 Å². The average Bonchev–Trinajstić information content (AvgIpc) is 3.32. The Balaban J connectivity index is 1.18. The van der Waals surface area contributed by atoms with Crippen molar-refractivity contribution in [3.63, 3.8) is 0 Å². The molecule has 0 bridgehead atoms.